The number of halogens is 1. The molecule has 1 saturated heterocycles. The molecule has 10 heteroatoms. The van der Waals surface area contributed by atoms with E-state index in [9.17, 15) is 18.3 Å². The van der Waals surface area contributed by atoms with Crippen molar-refractivity contribution in [3.05, 3.63) is 58.3 Å². The lowest BCUT2D eigenvalue weighted by molar-refractivity contribution is -0.137. The molecule has 176 valence electrons. The Labute approximate surface area is 201 Å². The molecule has 1 unspecified atom stereocenters. The van der Waals surface area contributed by atoms with Gasteiger partial charge in [0.05, 0.1) is 11.9 Å². The Morgan fingerprint density at radius 3 is 2.76 bits per heavy atom. The molecular weight excluding hydrogens is 510 g/mol. The minimum atomic E-state index is -3.52. The molecule has 4 rings (SSSR count). The highest BCUT2D eigenvalue weighted by molar-refractivity contribution is 9.10. The Bertz CT molecular complexity index is 1270. The van der Waals surface area contributed by atoms with Crippen LogP contribution in [0.25, 0.3) is 10.9 Å². The minimum absolute atomic E-state index is 0.00145. The van der Waals surface area contributed by atoms with Crippen LogP contribution in [0.3, 0.4) is 0 Å². The Morgan fingerprint density at radius 1 is 1.30 bits per heavy atom. The normalized spacial score (nSPS) is 17.2. The van der Waals surface area contributed by atoms with Gasteiger partial charge in [-0.2, -0.15) is 0 Å². The first-order chi connectivity index (χ1) is 15.6. The molecule has 1 aromatic carbocycles. The highest BCUT2D eigenvalue weighted by atomic mass is 79.9. The van der Waals surface area contributed by atoms with Crippen LogP contribution in [-0.4, -0.2) is 52.5 Å². The number of nitrogens with zero attached hydrogens (tertiary/aromatic N) is 3. The molecule has 1 fully saturated rings. The Kier molecular flexibility index (Phi) is 6.78. The third-order valence-corrected chi connectivity index (χ3v) is 7.98. The zero-order valence-electron chi connectivity index (χ0n) is 18.4. The van der Waals surface area contributed by atoms with Gasteiger partial charge < -0.3 is 14.4 Å². The SMILES string of the molecule is CC(C)Oc1ccc(CS(=O)(=O)N2CCC(c3cn(CC(=O)O)c4cc(Br)ccc34)C2)cn1. The van der Waals surface area contributed by atoms with E-state index in [0.29, 0.717) is 31.0 Å². The van der Waals surface area contributed by atoms with E-state index in [1.807, 2.05) is 38.2 Å². The number of carboxylic acids is 1. The summed E-state index contributed by atoms with van der Waals surface area (Å²) >= 11 is 3.45. The summed E-state index contributed by atoms with van der Waals surface area (Å²) in [5.41, 5.74) is 2.41. The second-order valence-corrected chi connectivity index (χ2v) is 11.4. The topological polar surface area (TPSA) is 102 Å². The summed E-state index contributed by atoms with van der Waals surface area (Å²) in [6.07, 6.45) is 4.07. The fraction of sp³-hybridized carbons (Fsp3) is 0.391. The molecule has 1 atom stereocenters. The van der Waals surface area contributed by atoms with Crippen LogP contribution in [0.1, 0.15) is 37.3 Å². The molecule has 0 saturated carbocycles. The van der Waals surface area contributed by atoms with Gasteiger partial charge in [0.15, 0.2) is 0 Å². The summed E-state index contributed by atoms with van der Waals surface area (Å²) in [6.45, 7) is 4.46. The zero-order chi connectivity index (χ0) is 23.8. The summed E-state index contributed by atoms with van der Waals surface area (Å²) in [5, 5.41) is 10.2. The molecule has 0 amide bonds. The summed E-state index contributed by atoms with van der Waals surface area (Å²) in [4.78, 5) is 15.5. The predicted octanol–water partition coefficient (Wildman–Crippen LogP) is 3.99. The fourth-order valence-electron chi connectivity index (χ4n) is 4.24. The van der Waals surface area contributed by atoms with Gasteiger partial charge >= 0.3 is 5.97 Å². The number of hydrogen-bond acceptors (Lipinski definition) is 5. The van der Waals surface area contributed by atoms with Crippen molar-refractivity contribution in [2.75, 3.05) is 13.1 Å². The molecule has 3 heterocycles. The number of aliphatic carboxylic acids is 1. The molecule has 1 aliphatic rings. The van der Waals surface area contributed by atoms with E-state index in [4.69, 9.17) is 4.74 Å². The standard InChI is InChI=1S/C23H26BrN3O5S/c1-15(2)32-22-6-3-16(10-25-22)14-33(30,31)27-8-7-17(11-27)20-12-26(13-23(28)29)21-9-18(24)4-5-19(20)21/h3-6,9-10,12,15,17H,7-8,11,13-14H2,1-2H3,(H,28,29). The van der Waals surface area contributed by atoms with Crippen molar-refractivity contribution < 1.29 is 23.1 Å². The smallest absolute Gasteiger partial charge is 0.323 e. The molecule has 8 nitrogen and oxygen atoms in total. The molecule has 33 heavy (non-hydrogen) atoms. The van der Waals surface area contributed by atoms with Crippen LogP contribution < -0.4 is 4.74 Å². The Morgan fingerprint density at radius 2 is 2.09 bits per heavy atom. The van der Waals surface area contributed by atoms with Gasteiger partial charge in [-0.15, -0.1) is 0 Å². The number of pyridine rings is 1. The quantitative estimate of drug-likeness (QED) is 0.467. The van der Waals surface area contributed by atoms with Crippen LogP contribution in [0.5, 0.6) is 5.88 Å². The second-order valence-electron chi connectivity index (χ2n) is 8.54. The average molecular weight is 536 g/mol. The minimum Gasteiger partial charge on any atom is -0.480 e. The van der Waals surface area contributed by atoms with Gasteiger partial charge in [0.1, 0.15) is 6.54 Å². The molecule has 1 aliphatic heterocycles. The number of rotatable bonds is 8. The van der Waals surface area contributed by atoms with Crippen molar-refractivity contribution in [2.24, 2.45) is 0 Å². The maximum atomic E-state index is 13.1. The van der Waals surface area contributed by atoms with Crippen molar-refractivity contribution in [3.8, 4) is 5.88 Å². The van der Waals surface area contributed by atoms with Gasteiger partial charge in [0.2, 0.25) is 15.9 Å². The Hall–Kier alpha value is -2.43. The number of sulfonamides is 1. The molecule has 0 spiro atoms. The van der Waals surface area contributed by atoms with E-state index < -0.39 is 16.0 Å². The third kappa shape index (κ3) is 5.39. The number of benzene rings is 1. The van der Waals surface area contributed by atoms with Gasteiger partial charge in [-0.05, 0) is 43.5 Å². The number of fused-ring (bicyclic) bond motifs is 1. The second kappa shape index (κ2) is 9.44. The maximum absolute atomic E-state index is 13.1. The van der Waals surface area contributed by atoms with Gasteiger partial charge in [-0.25, -0.2) is 17.7 Å². The van der Waals surface area contributed by atoms with Crippen LogP contribution in [0.2, 0.25) is 0 Å². The van der Waals surface area contributed by atoms with E-state index >= 15 is 0 Å². The molecule has 0 radical (unpaired) electrons. The summed E-state index contributed by atoms with van der Waals surface area (Å²) in [5.74, 6) is -0.578. The van der Waals surface area contributed by atoms with Gasteiger partial charge in [-0.1, -0.05) is 28.1 Å². The lowest BCUT2D eigenvalue weighted by Crippen LogP contribution is -2.29. The number of hydrogen-bond donors (Lipinski definition) is 1. The lowest BCUT2D eigenvalue weighted by Gasteiger charge is -2.17. The number of ether oxygens (including phenoxy) is 1. The number of aromatic nitrogens is 2. The van der Waals surface area contributed by atoms with Crippen LogP contribution in [0, 0.1) is 0 Å². The Balaban J connectivity index is 1.52. The molecular formula is C23H26BrN3O5S. The molecule has 1 N–H and O–H groups in total. The fourth-order valence-corrected chi connectivity index (χ4v) is 6.15. The van der Waals surface area contributed by atoms with Crippen LogP contribution in [0.15, 0.2) is 47.2 Å². The number of carboxylic acid groups (broad SMARTS) is 1. The zero-order valence-corrected chi connectivity index (χ0v) is 20.8. The monoisotopic (exact) mass is 535 g/mol. The van der Waals surface area contributed by atoms with E-state index in [1.54, 1.807) is 22.9 Å². The lowest BCUT2D eigenvalue weighted by atomic mass is 9.98. The van der Waals surface area contributed by atoms with Crippen molar-refractivity contribution in [1.82, 2.24) is 13.9 Å². The number of carbonyl (C=O) groups is 1. The summed E-state index contributed by atoms with van der Waals surface area (Å²) < 4.78 is 35.8. The van der Waals surface area contributed by atoms with Crippen molar-refractivity contribution >= 4 is 42.8 Å². The average Bonchev–Trinajstić information content (AvgIpc) is 3.34. The van der Waals surface area contributed by atoms with Gasteiger partial charge in [-0.3, -0.25) is 4.79 Å². The maximum Gasteiger partial charge on any atom is 0.323 e. The largest absolute Gasteiger partial charge is 0.480 e. The molecule has 2 aromatic heterocycles. The van der Waals surface area contributed by atoms with Crippen molar-refractivity contribution in [3.63, 3.8) is 0 Å². The van der Waals surface area contributed by atoms with Crippen LogP contribution >= 0.6 is 15.9 Å². The predicted molar refractivity (Wildman–Crippen MR) is 129 cm³/mol. The first-order valence-corrected chi connectivity index (χ1v) is 13.1. The third-order valence-electron chi connectivity index (χ3n) is 5.67. The first-order valence-electron chi connectivity index (χ1n) is 10.7. The van der Waals surface area contributed by atoms with Crippen LogP contribution in [0.4, 0.5) is 0 Å². The molecule has 0 aliphatic carbocycles. The highest BCUT2D eigenvalue weighted by Gasteiger charge is 2.33. The van der Waals surface area contributed by atoms with Crippen LogP contribution in [-0.2, 0) is 27.1 Å². The molecule has 0 bridgehead atoms. The van der Waals surface area contributed by atoms with E-state index in [-0.39, 0.29) is 24.3 Å². The van der Waals surface area contributed by atoms with E-state index in [0.717, 1.165) is 20.9 Å². The first kappa shape index (κ1) is 23.7. The summed E-state index contributed by atoms with van der Waals surface area (Å²) in [7, 11) is -3.52. The van der Waals surface area contributed by atoms with Crippen molar-refractivity contribution in [2.45, 2.75) is 44.6 Å². The van der Waals surface area contributed by atoms with Crippen molar-refractivity contribution in [1.29, 1.82) is 0 Å². The van der Waals surface area contributed by atoms with Gasteiger partial charge in [0.25, 0.3) is 0 Å². The van der Waals surface area contributed by atoms with E-state index in [2.05, 4.69) is 20.9 Å². The van der Waals surface area contributed by atoms with Gasteiger partial charge in [0, 0.05) is 52.8 Å². The highest BCUT2D eigenvalue weighted by Crippen LogP contribution is 2.36. The van der Waals surface area contributed by atoms with E-state index in [1.165, 1.54) is 4.31 Å². The molecule has 3 aromatic rings. The summed E-state index contributed by atoms with van der Waals surface area (Å²) in [6, 6.07) is 9.18.